The summed E-state index contributed by atoms with van der Waals surface area (Å²) in [5, 5.41) is 0. The van der Waals surface area contributed by atoms with E-state index in [1.165, 1.54) is 24.3 Å². The quantitative estimate of drug-likeness (QED) is 0.765. The van der Waals surface area contributed by atoms with Crippen molar-refractivity contribution in [1.82, 2.24) is 9.88 Å². The standard InChI is InChI=1S/C17H19FN2O/c1-13(17(21)14-6-8-15(18)9-7-14)20(2)12-10-16-5-3-4-11-19-16/h3-9,11,13H,10,12H2,1-2H3. The van der Waals surface area contributed by atoms with E-state index in [0.29, 0.717) is 5.56 Å². The highest BCUT2D eigenvalue weighted by Gasteiger charge is 2.19. The van der Waals surface area contributed by atoms with Crippen LogP contribution in [0.15, 0.2) is 48.7 Å². The molecule has 1 aromatic heterocycles. The number of halogens is 1. The second kappa shape index (κ2) is 7.09. The number of hydrogen-bond donors (Lipinski definition) is 0. The minimum atomic E-state index is -0.331. The summed E-state index contributed by atoms with van der Waals surface area (Å²) < 4.78 is 12.9. The Bertz CT molecular complexity index is 583. The molecule has 0 fully saturated rings. The fraction of sp³-hybridized carbons (Fsp3) is 0.294. The molecule has 4 heteroatoms. The van der Waals surface area contributed by atoms with Crippen LogP contribution in [0.2, 0.25) is 0 Å². The number of ketones is 1. The van der Waals surface area contributed by atoms with Gasteiger partial charge in [-0.3, -0.25) is 14.7 Å². The number of carbonyl (C=O) groups excluding carboxylic acids is 1. The third-order valence-corrected chi connectivity index (χ3v) is 3.62. The van der Waals surface area contributed by atoms with E-state index in [0.717, 1.165) is 18.7 Å². The Balaban J connectivity index is 1.93. The summed E-state index contributed by atoms with van der Waals surface area (Å²) >= 11 is 0. The maximum Gasteiger partial charge on any atom is 0.179 e. The van der Waals surface area contributed by atoms with Gasteiger partial charge in [0.05, 0.1) is 6.04 Å². The lowest BCUT2D eigenvalue weighted by Gasteiger charge is -2.23. The van der Waals surface area contributed by atoms with Crippen LogP contribution in [0.3, 0.4) is 0 Å². The van der Waals surface area contributed by atoms with E-state index >= 15 is 0 Å². The molecule has 0 saturated carbocycles. The largest absolute Gasteiger partial charge is 0.296 e. The van der Waals surface area contributed by atoms with E-state index in [4.69, 9.17) is 0 Å². The number of carbonyl (C=O) groups is 1. The van der Waals surface area contributed by atoms with Crippen LogP contribution in [0, 0.1) is 5.82 Å². The van der Waals surface area contributed by atoms with Crippen LogP contribution in [0.4, 0.5) is 4.39 Å². The molecule has 0 amide bonds. The number of nitrogens with zero attached hydrogens (tertiary/aromatic N) is 2. The van der Waals surface area contributed by atoms with Crippen molar-refractivity contribution in [1.29, 1.82) is 0 Å². The lowest BCUT2D eigenvalue weighted by atomic mass is 10.0. The van der Waals surface area contributed by atoms with Crippen LogP contribution in [0.1, 0.15) is 23.0 Å². The minimum absolute atomic E-state index is 0.00137. The summed E-state index contributed by atoms with van der Waals surface area (Å²) in [6.07, 6.45) is 2.56. The van der Waals surface area contributed by atoms with Crippen molar-refractivity contribution in [2.45, 2.75) is 19.4 Å². The smallest absolute Gasteiger partial charge is 0.179 e. The first-order chi connectivity index (χ1) is 10.1. The van der Waals surface area contributed by atoms with E-state index in [2.05, 4.69) is 4.98 Å². The van der Waals surface area contributed by atoms with Crippen LogP contribution in [0.25, 0.3) is 0 Å². The number of benzene rings is 1. The van der Waals surface area contributed by atoms with Crippen molar-refractivity contribution in [2.24, 2.45) is 0 Å². The van der Waals surface area contributed by atoms with Crippen LogP contribution in [-0.2, 0) is 6.42 Å². The Kier molecular flexibility index (Phi) is 5.17. The Morgan fingerprint density at radius 1 is 1.24 bits per heavy atom. The van der Waals surface area contributed by atoms with Crippen molar-refractivity contribution in [3.63, 3.8) is 0 Å². The lowest BCUT2D eigenvalue weighted by Crippen LogP contribution is -2.37. The van der Waals surface area contributed by atoms with Gasteiger partial charge in [-0.15, -0.1) is 0 Å². The molecule has 0 N–H and O–H groups in total. The third-order valence-electron chi connectivity index (χ3n) is 3.62. The lowest BCUT2D eigenvalue weighted by molar-refractivity contribution is 0.0869. The van der Waals surface area contributed by atoms with Gasteiger partial charge in [0.2, 0.25) is 0 Å². The zero-order chi connectivity index (χ0) is 15.2. The molecule has 3 nitrogen and oxygen atoms in total. The second-order valence-electron chi connectivity index (χ2n) is 5.10. The van der Waals surface area contributed by atoms with Crippen LogP contribution in [0.5, 0.6) is 0 Å². The molecule has 0 aliphatic heterocycles. The number of Topliss-reactive ketones (excluding diaryl/α,β-unsaturated/α-hetero) is 1. The molecule has 0 bridgehead atoms. The summed E-state index contributed by atoms with van der Waals surface area (Å²) in [5.41, 5.74) is 1.54. The van der Waals surface area contributed by atoms with Crippen LogP contribution >= 0.6 is 0 Å². The predicted molar refractivity (Wildman–Crippen MR) is 80.8 cm³/mol. The van der Waals surface area contributed by atoms with Gasteiger partial charge in [0.1, 0.15) is 5.82 Å². The monoisotopic (exact) mass is 286 g/mol. The molecule has 1 heterocycles. The summed E-state index contributed by atoms with van der Waals surface area (Å²) in [6.45, 7) is 2.61. The van der Waals surface area contributed by atoms with E-state index in [1.807, 2.05) is 37.1 Å². The molecule has 2 aromatic rings. The van der Waals surface area contributed by atoms with E-state index in [1.54, 1.807) is 6.20 Å². The van der Waals surface area contributed by atoms with Gasteiger partial charge < -0.3 is 0 Å². The highest BCUT2D eigenvalue weighted by atomic mass is 19.1. The first kappa shape index (κ1) is 15.3. The van der Waals surface area contributed by atoms with Gasteiger partial charge in [-0.25, -0.2) is 4.39 Å². The predicted octanol–water partition coefficient (Wildman–Crippen LogP) is 2.97. The Morgan fingerprint density at radius 2 is 1.95 bits per heavy atom. The molecule has 0 aliphatic carbocycles. The molecule has 1 unspecified atom stereocenters. The maximum absolute atomic E-state index is 12.9. The van der Waals surface area contributed by atoms with Gasteiger partial charge in [0.25, 0.3) is 0 Å². The number of aromatic nitrogens is 1. The van der Waals surface area contributed by atoms with E-state index in [-0.39, 0.29) is 17.6 Å². The molecule has 110 valence electrons. The Hall–Kier alpha value is -2.07. The van der Waals surface area contributed by atoms with Gasteiger partial charge in [0.15, 0.2) is 5.78 Å². The van der Waals surface area contributed by atoms with Crippen molar-refractivity contribution >= 4 is 5.78 Å². The van der Waals surface area contributed by atoms with Gasteiger partial charge in [0, 0.05) is 30.4 Å². The molecule has 1 atom stereocenters. The summed E-state index contributed by atoms with van der Waals surface area (Å²) in [5.74, 6) is -0.332. The summed E-state index contributed by atoms with van der Waals surface area (Å²) in [4.78, 5) is 18.6. The average Bonchev–Trinajstić information content (AvgIpc) is 2.53. The highest BCUT2D eigenvalue weighted by Crippen LogP contribution is 2.10. The molecule has 2 rings (SSSR count). The van der Waals surface area contributed by atoms with Gasteiger partial charge in [-0.2, -0.15) is 0 Å². The SMILES string of the molecule is CC(C(=O)c1ccc(F)cc1)N(C)CCc1ccccn1. The number of likely N-dealkylation sites (N-methyl/N-ethyl adjacent to an activating group) is 1. The second-order valence-corrected chi connectivity index (χ2v) is 5.10. The van der Waals surface area contributed by atoms with Crippen LogP contribution in [-0.4, -0.2) is 35.3 Å². The maximum atomic E-state index is 12.9. The van der Waals surface area contributed by atoms with Crippen molar-refractivity contribution in [2.75, 3.05) is 13.6 Å². The number of rotatable bonds is 6. The summed E-state index contributed by atoms with van der Waals surface area (Å²) in [7, 11) is 1.91. The molecular formula is C17H19FN2O. The molecule has 0 aliphatic rings. The zero-order valence-corrected chi connectivity index (χ0v) is 12.3. The molecule has 0 spiro atoms. The van der Waals surface area contributed by atoms with Crippen molar-refractivity contribution in [3.05, 3.63) is 65.7 Å². The minimum Gasteiger partial charge on any atom is -0.296 e. The van der Waals surface area contributed by atoms with Gasteiger partial charge in [-0.1, -0.05) is 6.07 Å². The molecule has 21 heavy (non-hydrogen) atoms. The molecular weight excluding hydrogens is 267 g/mol. The normalized spacial score (nSPS) is 12.4. The average molecular weight is 286 g/mol. The van der Waals surface area contributed by atoms with Crippen molar-refractivity contribution < 1.29 is 9.18 Å². The topological polar surface area (TPSA) is 33.2 Å². The third kappa shape index (κ3) is 4.20. The fourth-order valence-electron chi connectivity index (χ4n) is 2.09. The van der Waals surface area contributed by atoms with Crippen molar-refractivity contribution in [3.8, 4) is 0 Å². The van der Waals surface area contributed by atoms with E-state index in [9.17, 15) is 9.18 Å². The highest BCUT2D eigenvalue weighted by molar-refractivity contribution is 5.99. The Morgan fingerprint density at radius 3 is 2.57 bits per heavy atom. The number of hydrogen-bond acceptors (Lipinski definition) is 3. The van der Waals surface area contributed by atoms with Gasteiger partial charge in [-0.05, 0) is 50.4 Å². The molecule has 0 saturated heterocycles. The van der Waals surface area contributed by atoms with Crippen LogP contribution < -0.4 is 0 Å². The number of pyridine rings is 1. The molecule has 1 aromatic carbocycles. The molecule has 0 radical (unpaired) electrons. The summed E-state index contributed by atoms with van der Waals surface area (Å²) in [6, 6.07) is 11.2. The fourth-order valence-corrected chi connectivity index (χ4v) is 2.09. The van der Waals surface area contributed by atoms with Gasteiger partial charge >= 0.3 is 0 Å². The Labute approximate surface area is 124 Å². The van der Waals surface area contributed by atoms with E-state index < -0.39 is 0 Å². The first-order valence-electron chi connectivity index (χ1n) is 6.98. The first-order valence-corrected chi connectivity index (χ1v) is 6.98. The zero-order valence-electron chi connectivity index (χ0n) is 12.3.